The van der Waals surface area contributed by atoms with E-state index in [0.717, 1.165) is 0 Å². The maximum atomic E-state index is 11.3. The van der Waals surface area contributed by atoms with Gasteiger partial charge in [-0.15, -0.1) is 0 Å². The molecular weight excluding hydrogens is 172 g/mol. The molecule has 1 heterocycles. The summed E-state index contributed by atoms with van der Waals surface area (Å²) in [6.45, 7) is 3.81. The van der Waals surface area contributed by atoms with Crippen LogP contribution in [-0.2, 0) is 9.59 Å². The molecule has 0 radical (unpaired) electrons. The Bertz CT molecular complexity index is 250. The molecule has 0 bridgehead atoms. The van der Waals surface area contributed by atoms with Crippen LogP contribution >= 0.6 is 0 Å². The lowest BCUT2D eigenvalue weighted by Gasteiger charge is -2.19. The van der Waals surface area contributed by atoms with Gasteiger partial charge in [0, 0.05) is 12.0 Å². The zero-order valence-corrected chi connectivity index (χ0v) is 7.78. The summed E-state index contributed by atoms with van der Waals surface area (Å²) in [5.74, 6) is -0.970. The number of hydrogen-bond donors (Lipinski definition) is 2. The zero-order chi connectivity index (χ0) is 10.2. The fourth-order valence-corrected chi connectivity index (χ4v) is 1.49. The molecule has 2 amide bonds. The maximum Gasteiger partial charge on any atom is 0.252 e. The fraction of sp³-hybridized carbons (Fsp3) is 0.750. The molecule has 13 heavy (non-hydrogen) atoms. The minimum atomic E-state index is -1.02. The summed E-state index contributed by atoms with van der Waals surface area (Å²) in [6.07, 6.45) is -1.02. The number of hydrogen-bond acceptors (Lipinski definition) is 3. The molecule has 1 rings (SSSR count). The minimum Gasteiger partial charge on any atom is -0.383 e. The molecule has 0 saturated carbocycles. The lowest BCUT2D eigenvalue weighted by atomic mass is 9.90. The van der Waals surface area contributed by atoms with E-state index in [4.69, 9.17) is 5.73 Å². The highest BCUT2D eigenvalue weighted by Gasteiger charge is 2.45. The van der Waals surface area contributed by atoms with E-state index >= 15 is 0 Å². The summed E-state index contributed by atoms with van der Waals surface area (Å²) in [4.78, 5) is 23.2. The Balaban J connectivity index is 2.72. The van der Waals surface area contributed by atoms with Gasteiger partial charge in [-0.05, 0) is 0 Å². The van der Waals surface area contributed by atoms with Crippen molar-refractivity contribution in [2.45, 2.75) is 20.0 Å². The van der Waals surface area contributed by atoms with Gasteiger partial charge in [0.2, 0.25) is 5.91 Å². The van der Waals surface area contributed by atoms with E-state index in [1.165, 1.54) is 4.90 Å². The molecule has 5 nitrogen and oxygen atoms in total. The van der Waals surface area contributed by atoms with Crippen molar-refractivity contribution in [3.05, 3.63) is 0 Å². The number of likely N-dealkylation sites (tertiary alicyclic amines) is 1. The van der Waals surface area contributed by atoms with E-state index in [-0.39, 0.29) is 6.54 Å². The smallest absolute Gasteiger partial charge is 0.252 e. The number of carbonyl (C=O) groups excluding carboxylic acids is 2. The summed E-state index contributed by atoms with van der Waals surface area (Å²) in [6, 6.07) is 0. The topological polar surface area (TPSA) is 83.6 Å². The molecule has 0 unspecified atom stereocenters. The summed E-state index contributed by atoms with van der Waals surface area (Å²) in [5.41, 5.74) is 4.46. The van der Waals surface area contributed by atoms with Gasteiger partial charge in [0.1, 0.15) is 6.10 Å². The van der Waals surface area contributed by atoms with Crippen LogP contribution in [0.25, 0.3) is 0 Å². The molecule has 1 aliphatic heterocycles. The highest BCUT2D eigenvalue weighted by molar-refractivity contribution is 5.88. The third kappa shape index (κ3) is 1.80. The maximum absolute atomic E-state index is 11.3. The van der Waals surface area contributed by atoms with E-state index in [1.54, 1.807) is 13.8 Å². The molecule has 1 saturated heterocycles. The van der Waals surface area contributed by atoms with E-state index in [9.17, 15) is 14.7 Å². The number of primary amides is 1. The number of amides is 2. The SMILES string of the molecule is CC1(C)CN(CC(N)=O)C(=O)[C@H]1O. The number of rotatable bonds is 2. The molecule has 1 fully saturated rings. The van der Waals surface area contributed by atoms with Crippen LogP contribution in [0.2, 0.25) is 0 Å². The highest BCUT2D eigenvalue weighted by Crippen LogP contribution is 2.29. The Hall–Kier alpha value is -1.10. The molecule has 5 heteroatoms. The van der Waals surface area contributed by atoms with Crippen LogP contribution in [0.4, 0.5) is 0 Å². The van der Waals surface area contributed by atoms with Gasteiger partial charge in [-0.1, -0.05) is 13.8 Å². The number of aliphatic hydroxyl groups is 1. The predicted molar refractivity (Wildman–Crippen MR) is 45.6 cm³/mol. The van der Waals surface area contributed by atoms with Crippen LogP contribution in [-0.4, -0.2) is 41.0 Å². The normalized spacial score (nSPS) is 26.5. The summed E-state index contributed by atoms with van der Waals surface area (Å²) in [5, 5.41) is 9.47. The van der Waals surface area contributed by atoms with Crippen LogP contribution in [0.5, 0.6) is 0 Å². The van der Waals surface area contributed by atoms with E-state index in [0.29, 0.717) is 6.54 Å². The van der Waals surface area contributed by atoms with Crippen molar-refractivity contribution in [3.63, 3.8) is 0 Å². The lowest BCUT2D eigenvalue weighted by Crippen LogP contribution is -2.36. The van der Waals surface area contributed by atoms with Crippen LogP contribution in [0.1, 0.15) is 13.8 Å². The Morgan fingerprint density at radius 3 is 2.62 bits per heavy atom. The van der Waals surface area contributed by atoms with Gasteiger partial charge in [0.25, 0.3) is 5.91 Å². The van der Waals surface area contributed by atoms with Crippen molar-refractivity contribution in [2.24, 2.45) is 11.1 Å². The third-order valence-corrected chi connectivity index (χ3v) is 2.23. The second kappa shape index (κ2) is 2.99. The van der Waals surface area contributed by atoms with Crippen LogP contribution < -0.4 is 5.73 Å². The first-order chi connectivity index (χ1) is 5.84. The molecule has 0 aliphatic carbocycles. The fourth-order valence-electron chi connectivity index (χ4n) is 1.49. The highest BCUT2D eigenvalue weighted by atomic mass is 16.3. The van der Waals surface area contributed by atoms with Gasteiger partial charge in [0.15, 0.2) is 0 Å². The number of nitrogens with two attached hydrogens (primary N) is 1. The van der Waals surface area contributed by atoms with Gasteiger partial charge in [-0.25, -0.2) is 0 Å². The lowest BCUT2D eigenvalue weighted by molar-refractivity contribution is -0.138. The average molecular weight is 186 g/mol. The number of carbonyl (C=O) groups is 2. The van der Waals surface area contributed by atoms with Gasteiger partial charge >= 0.3 is 0 Å². The van der Waals surface area contributed by atoms with E-state index < -0.39 is 23.3 Å². The monoisotopic (exact) mass is 186 g/mol. The molecule has 0 spiro atoms. The van der Waals surface area contributed by atoms with Gasteiger partial charge in [0.05, 0.1) is 6.54 Å². The van der Waals surface area contributed by atoms with E-state index in [2.05, 4.69) is 0 Å². The molecule has 1 aliphatic rings. The zero-order valence-electron chi connectivity index (χ0n) is 7.78. The number of aliphatic hydroxyl groups excluding tert-OH is 1. The van der Waals surface area contributed by atoms with Gasteiger partial charge in [-0.2, -0.15) is 0 Å². The average Bonchev–Trinajstić information content (AvgIpc) is 2.13. The summed E-state index contributed by atoms with van der Waals surface area (Å²) in [7, 11) is 0. The van der Waals surface area contributed by atoms with Crippen molar-refractivity contribution < 1.29 is 14.7 Å². The Morgan fingerprint density at radius 1 is 1.77 bits per heavy atom. The van der Waals surface area contributed by atoms with Crippen molar-refractivity contribution in [3.8, 4) is 0 Å². The predicted octanol–water partition coefficient (Wildman–Crippen LogP) is -1.30. The van der Waals surface area contributed by atoms with Crippen molar-refractivity contribution in [2.75, 3.05) is 13.1 Å². The number of nitrogens with zero attached hydrogens (tertiary/aromatic N) is 1. The quantitative estimate of drug-likeness (QED) is 0.562. The van der Waals surface area contributed by atoms with Crippen LogP contribution in [0.15, 0.2) is 0 Å². The van der Waals surface area contributed by atoms with Crippen molar-refractivity contribution >= 4 is 11.8 Å². The second-order valence-corrected chi connectivity index (χ2v) is 4.05. The molecule has 0 aromatic rings. The first-order valence-corrected chi connectivity index (χ1v) is 4.10. The van der Waals surface area contributed by atoms with Crippen molar-refractivity contribution in [1.82, 2.24) is 4.90 Å². The molecule has 0 aromatic heterocycles. The molecular formula is C8H14N2O3. The molecule has 0 aromatic carbocycles. The minimum absolute atomic E-state index is 0.112. The Morgan fingerprint density at radius 2 is 2.31 bits per heavy atom. The third-order valence-electron chi connectivity index (χ3n) is 2.23. The Labute approximate surface area is 76.5 Å². The van der Waals surface area contributed by atoms with Crippen LogP contribution in [0.3, 0.4) is 0 Å². The van der Waals surface area contributed by atoms with Gasteiger partial charge in [-0.3, -0.25) is 9.59 Å². The second-order valence-electron chi connectivity index (χ2n) is 4.05. The largest absolute Gasteiger partial charge is 0.383 e. The molecule has 3 N–H and O–H groups in total. The Kier molecular flexibility index (Phi) is 2.30. The first-order valence-electron chi connectivity index (χ1n) is 4.10. The standard InChI is InChI=1S/C8H14N2O3/c1-8(2)4-10(3-5(9)11)7(13)6(8)12/h6,12H,3-4H2,1-2H3,(H2,9,11)/t6-/m1/s1. The van der Waals surface area contributed by atoms with Crippen LogP contribution in [0, 0.1) is 5.41 Å². The van der Waals surface area contributed by atoms with Gasteiger partial charge < -0.3 is 15.7 Å². The summed E-state index contributed by atoms with van der Waals surface area (Å²) >= 11 is 0. The molecule has 1 atom stereocenters. The van der Waals surface area contributed by atoms with Crippen molar-refractivity contribution in [1.29, 1.82) is 0 Å². The van der Waals surface area contributed by atoms with E-state index in [1.807, 2.05) is 0 Å². The first kappa shape index (κ1) is 9.98. The summed E-state index contributed by atoms with van der Waals surface area (Å²) < 4.78 is 0. The molecule has 74 valence electrons.